The molecule has 1 aromatic carbocycles. The van der Waals surface area contributed by atoms with Crippen LogP contribution in [0.1, 0.15) is 59.2 Å². The molecule has 0 unspecified atom stereocenters. The second kappa shape index (κ2) is 7.86. The summed E-state index contributed by atoms with van der Waals surface area (Å²) >= 11 is 1.90. The Hall–Kier alpha value is -2.53. The minimum absolute atomic E-state index is 0.0336. The van der Waals surface area contributed by atoms with Gasteiger partial charge in [0.25, 0.3) is 0 Å². The molecule has 4 heterocycles. The number of thioether (sulfide) groups is 1. The van der Waals surface area contributed by atoms with Crippen LogP contribution in [-0.2, 0) is 0 Å². The van der Waals surface area contributed by atoms with Crippen LogP contribution >= 0.6 is 11.8 Å². The van der Waals surface area contributed by atoms with E-state index in [-0.39, 0.29) is 12.1 Å². The first-order valence-electron chi connectivity index (χ1n) is 11.1. The monoisotopic (exact) mass is 430 g/mol. The Morgan fingerprint density at radius 3 is 2.48 bits per heavy atom. The first-order chi connectivity index (χ1) is 15.0. The number of aliphatic imine (C=N–C) groups is 1. The van der Waals surface area contributed by atoms with Crippen molar-refractivity contribution in [2.75, 3.05) is 5.75 Å². The van der Waals surface area contributed by atoms with Crippen molar-refractivity contribution in [1.29, 1.82) is 0 Å². The highest BCUT2D eigenvalue weighted by atomic mass is 32.2. The first-order valence-corrected chi connectivity index (χ1v) is 12.1. The van der Waals surface area contributed by atoms with Crippen molar-refractivity contribution in [2.24, 2.45) is 4.99 Å². The van der Waals surface area contributed by atoms with Gasteiger partial charge in [-0.25, -0.2) is 0 Å². The van der Waals surface area contributed by atoms with E-state index in [1.807, 2.05) is 24.0 Å². The zero-order chi connectivity index (χ0) is 21.7. The third-order valence-electron chi connectivity index (χ3n) is 6.58. The fourth-order valence-electron chi connectivity index (χ4n) is 5.25. The first kappa shape index (κ1) is 20.4. The van der Waals surface area contributed by atoms with Gasteiger partial charge in [0, 0.05) is 35.1 Å². The molecule has 0 amide bonds. The van der Waals surface area contributed by atoms with Gasteiger partial charge >= 0.3 is 0 Å². The van der Waals surface area contributed by atoms with Crippen LogP contribution in [0.5, 0.6) is 0 Å². The van der Waals surface area contributed by atoms with Crippen LogP contribution in [0.3, 0.4) is 0 Å². The summed E-state index contributed by atoms with van der Waals surface area (Å²) in [4.78, 5) is 12.5. The van der Waals surface area contributed by atoms with E-state index in [0.29, 0.717) is 6.04 Å². The lowest BCUT2D eigenvalue weighted by atomic mass is 9.95. The number of hydrogen-bond acceptors (Lipinski definition) is 4. The van der Waals surface area contributed by atoms with E-state index in [1.54, 1.807) is 0 Å². The molecule has 0 radical (unpaired) electrons. The zero-order valence-corrected chi connectivity index (χ0v) is 19.8. The fourth-order valence-corrected chi connectivity index (χ4v) is 6.59. The van der Waals surface area contributed by atoms with Gasteiger partial charge < -0.3 is 9.47 Å². The van der Waals surface area contributed by atoms with Gasteiger partial charge in [-0.2, -0.15) is 0 Å². The number of aryl methyl sites for hydroxylation is 3. The summed E-state index contributed by atoms with van der Waals surface area (Å²) in [5.41, 5.74) is 8.83. The van der Waals surface area contributed by atoms with E-state index < -0.39 is 0 Å². The molecule has 2 aliphatic rings. The van der Waals surface area contributed by atoms with Gasteiger partial charge in [-0.1, -0.05) is 30.8 Å². The largest absolute Gasteiger partial charge is 0.338 e. The average Bonchev–Trinajstić information content (AvgIpc) is 3.39. The summed E-state index contributed by atoms with van der Waals surface area (Å²) in [6.45, 7) is 11.1. The lowest BCUT2D eigenvalue weighted by Crippen LogP contribution is -2.35. The van der Waals surface area contributed by atoms with Crippen LogP contribution in [0.15, 0.2) is 53.7 Å². The molecule has 4 nitrogen and oxygen atoms in total. The van der Waals surface area contributed by atoms with E-state index in [0.717, 1.165) is 17.9 Å². The topological polar surface area (TPSA) is 33.4 Å². The summed E-state index contributed by atoms with van der Waals surface area (Å²) in [6, 6.07) is 16.1. The molecule has 2 aliphatic heterocycles. The predicted octanol–water partition coefficient (Wildman–Crippen LogP) is 6.09. The lowest BCUT2D eigenvalue weighted by Gasteiger charge is -2.32. The summed E-state index contributed by atoms with van der Waals surface area (Å²) in [7, 11) is 0. The molecule has 3 aromatic rings. The third-order valence-corrected chi connectivity index (χ3v) is 7.71. The number of rotatable bonds is 4. The molecule has 1 fully saturated rings. The number of hydrogen-bond donors (Lipinski definition) is 0. The smallest absolute Gasteiger partial charge is 0.160 e. The van der Waals surface area contributed by atoms with Gasteiger partial charge in [-0.3, -0.25) is 9.98 Å². The number of nitrogens with zero attached hydrogens (tertiary/aromatic N) is 4. The maximum Gasteiger partial charge on any atom is 0.160 e. The molecule has 3 atom stereocenters. The Kier molecular flexibility index (Phi) is 5.17. The van der Waals surface area contributed by atoms with E-state index >= 15 is 0 Å². The molecular formula is C26H30N4S. The number of aromatic nitrogens is 2. The number of fused-ring (bicyclic) bond motifs is 1. The van der Waals surface area contributed by atoms with E-state index in [9.17, 15) is 0 Å². The molecule has 0 bridgehead atoms. The van der Waals surface area contributed by atoms with Crippen molar-refractivity contribution >= 4 is 16.9 Å². The summed E-state index contributed by atoms with van der Waals surface area (Å²) in [6.07, 6.45) is 3.02. The van der Waals surface area contributed by atoms with Crippen LogP contribution in [-0.4, -0.2) is 31.4 Å². The molecule has 5 heteroatoms. The molecule has 0 spiro atoms. The van der Waals surface area contributed by atoms with Crippen LogP contribution in [0.2, 0.25) is 0 Å². The van der Waals surface area contributed by atoms with Crippen molar-refractivity contribution in [3.8, 4) is 5.69 Å². The molecule has 2 aromatic heterocycles. The van der Waals surface area contributed by atoms with Crippen molar-refractivity contribution in [3.05, 3.63) is 82.4 Å². The van der Waals surface area contributed by atoms with Crippen molar-refractivity contribution in [1.82, 2.24) is 14.5 Å². The summed E-state index contributed by atoms with van der Waals surface area (Å²) in [5.74, 6) is 1.12. The maximum absolute atomic E-state index is 5.19. The summed E-state index contributed by atoms with van der Waals surface area (Å²) in [5, 5.41) is 1.18. The Balaban J connectivity index is 1.65. The number of benzene rings is 1. The number of amidine groups is 1. The zero-order valence-electron chi connectivity index (χ0n) is 19.0. The van der Waals surface area contributed by atoms with Gasteiger partial charge in [-0.05, 0) is 81.1 Å². The molecule has 0 N–H and O–H groups in total. The predicted molar refractivity (Wildman–Crippen MR) is 130 cm³/mol. The molecule has 31 heavy (non-hydrogen) atoms. The van der Waals surface area contributed by atoms with Gasteiger partial charge in [0.2, 0.25) is 0 Å². The fraction of sp³-hybridized carbons (Fsp3) is 0.385. The minimum atomic E-state index is 0.0336. The maximum atomic E-state index is 5.19. The van der Waals surface area contributed by atoms with Crippen molar-refractivity contribution < 1.29 is 0 Å². The molecule has 160 valence electrons. The Labute approximate surface area is 189 Å². The standard InChI is InChI=1S/C26H30N4S/c1-6-20-15-31-26-28-24(23-9-7-8-10-27-23)25(30(20)26)22-14-18(4)29(19(22)5)21-12-16(2)11-17(3)13-21/h7-14,20,24-25H,6,15H2,1-5H3/t20-,24+,25+/m1/s1. The van der Waals surface area contributed by atoms with Crippen LogP contribution in [0, 0.1) is 27.7 Å². The second-order valence-electron chi connectivity index (χ2n) is 8.84. The molecule has 0 saturated carbocycles. The van der Waals surface area contributed by atoms with Gasteiger partial charge in [-0.15, -0.1) is 0 Å². The Bertz CT molecular complexity index is 1130. The van der Waals surface area contributed by atoms with Crippen LogP contribution in [0.25, 0.3) is 5.69 Å². The van der Waals surface area contributed by atoms with Crippen molar-refractivity contribution in [3.63, 3.8) is 0 Å². The molecule has 1 saturated heterocycles. The Morgan fingerprint density at radius 2 is 1.81 bits per heavy atom. The normalized spacial score (nSPS) is 22.7. The van der Waals surface area contributed by atoms with Crippen LogP contribution in [0.4, 0.5) is 0 Å². The van der Waals surface area contributed by atoms with Gasteiger partial charge in [0.1, 0.15) is 6.04 Å². The second-order valence-corrected chi connectivity index (χ2v) is 9.83. The third kappa shape index (κ3) is 3.39. The van der Waals surface area contributed by atoms with E-state index in [1.165, 1.54) is 38.9 Å². The van der Waals surface area contributed by atoms with E-state index in [2.05, 4.69) is 80.5 Å². The minimum Gasteiger partial charge on any atom is -0.338 e. The number of pyridine rings is 1. The lowest BCUT2D eigenvalue weighted by molar-refractivity contribution is 0.254. The Morgan fingerprint density at radius 1 is 1.03 bits per heavy atom. The summed E-state index contributed by atoms with van der Waals surface area (Å²) < 4.78 is 2.41. The van der Waals surface area contributed by atoms with Crippen molar-refractivity contribution in [2.45, 2.75) is 59.2 Å². The van der Waals surface area contributed by atoms with Crippen LogP contribution < -0.4 is 0 Å². The van der Waals surface area contributed by atoms with E-state index in [4.69, 9.17) is 9.98 Å². The van der Waals surface area contributed by atoms with Gasteiger partial charge in [0.05, 0.1) is 11.7 Å². The van der Waals surface area contributed by atoms with Gasteiger partial charge in [0.15, 0.2) is 5.17 Å². The molecule has 0 aliphatic carbocycles. The molecular weight excluding hydrogens is 400 g/mol. The highest BCUT2D eigenvalue weighted by Gasteiger charge is 2.46. The quantitative estimate of drug-likeness (QED) is 0.502. The average molecular weight is 431 g/mol. The molecule has 5 rings (SSSR count). The highest BCUT2D eigenvalue weighted by Crippen LogP contribution is 2.49. The highest BCUT2D eigenvalue weighted by molar-refractivity contribution is 8.14. The SMILES string of the molecule is CC[C@@H]1CSC2=N[C@@H](c3ccccn3)[C@H](c3cc(C)n(-c4cc(C)cc(C)c4)c3C)N21.